The Morgan fingerprint density at radius 2 is 1.95 bits per heavy atom. The van der Waals surface area contributed by atoms with Crippen LogP contribution in [0.5, 0.6) is 0 Å². The normalized spacial score (nSPS) is 15.2. The molecule has 0 saturated carbocycles. The zero-order valence-corrected chi connectivity index (χ0v) is 12.4. The number of anilines is 1. The van der Waals surface area contributed by atoms with Gasteiger partial charge in [-0.15, -0.1) is 0 Å². The number of benzene rings is 2. The van der Waals surface area contributed by atoms with Crippen LogP contribution in [0.3, 0.4) is 0 Å². The Labute approximate surface area is 125 Å². The van der Waals surface area contributed by atoms with Gasteiger partial charge in [0.15, 0.2) is 0 Å². The molecule has 0 radical (unpaired) electrons. The Morgan fingerprint density at radius 1 is 1.14 bits per heavy atom. The Balaban J connectivity index is 1.99. The third kappa shape index (κ3) is 2.69. The van der Waals surface area contributed by atoms with Gasteiger partial charge < -0.3 is 10.6 Å². The minimum atomic E-state index is 0.110. The molecule has 21 heavy (non-hydrogen) atoms. The van der Waals surface area contributed by atoms with E-state index < -0.39 is 0 Å². The van der Waals surface area contributed by atoms with Crippen molar-refractivity contribution < 1.29 is 4.79 Å². The molecule has 1 aliphatic heterocycles. The van der Waals surface area contributed by atoms with E-state index in [0.717, 1.165) is 12.1 Å². The van der Waals surface area contributed by atoms with Gasteiger partial charge in [0.05, 0.1) is 6.04 Å². The summed E-state index contributed by atoms with van der Waals surface area (Å²) in [5.41, 5.74) is 5.99. The maximum absolute atomic E-state index is 11.4. The molecule has 0 spiro atoms. The third-order valence-electron chi connectivity index (χ3n) is 4.15. The van der Waals surface area contributed by atoms with Crippen molar-refractivity contribution in [3.05, 3.63) is 64.7 Å². The first-order chi connectivity index (χ1) is 10.2. The van der Waals surface area contributed by atoms with Gasteiger partial charge in [-0.05, 0) is 48.7 Å². The van der Waals surface area contributed by atoms with Crippen LogP contribution in [0.4, 0.5) is 5.69 Å². The van der Waals surface area contributed by atoms with Gasteiger partial charge in [0.1, 0.15) is 0 Å². The summed E-state index contributed by atoms with van der Waals surface area (Å²) < 4.78 is 0. The van der Waals surface area contributed by atoms with Gasteiger partial charge in [0.25, 0.3) is 0 Å². The standard InChI is InChI=1S/C18H20N2O/c1-12-5-3-4-6-15(12)18(19-2)14-7-9-16-13(11-14)8-10-17(21)20-16/h3-7,9,11,18-19H,8,10H2,1-2H3,(H,20,21). The molecule has 3 nitrogen and oxygen atoms in total. The molecule has 3 rings (SSSR count). The Kier molecular flexibility index (Phi) is 3.76. The molecule has 1 unspecified atom stereocenters. The maximum atomic E-state index is 11.4. The second-order valence-corrected chi connectivity index (χ2v) is 5.54. The summed E-state index contributed by atoms with van der Waals surface area (Å²) in [6, 6.07) is 14.9. The minimum absolute atomic E-state index is 0.110. The lowest BCUT2D eigenvalue weighted by atomic mass is 9.92. The SMILES string of the molecule is CNC(c1ccc2c(c1)CCC(=O)N2)c1ccccc1C. The molecule has 108 valence electrons. The summed E-state index contributed by atoms with van der Waals surface area (Å²) in [7, 11) is 1.98. The van der Waals surface area contributed by atoms with E-state index in [4.69, 9.17) is 0 Å². The van der Waals surface area contributed by atoms with E-state index in [0.29, 0.717) is 6.42 Å². The van der Waals surface area contributed by atoms with Crippen LogP contribution in [0.25, 0.3) is 0 Å². The molecule has 0 fully saturated rings. The number of carbonyl (C=O) groups is 1. The van der Waals surface area contributed by atoms with Crippen molar-refractivity contribution in [3.63, 3.8) is 0 Å². The summed E-state index contributed by atoms with van der Waals surface area (Å²) in [5, 5.41) is 6.34. The van der Waals surface area contributed by atoms with E-state index in [1.165, 1.54) is 22.3 Å². The van der Waals surface area contributed by atoms with Crippen LogP contribution in [-0.2, 0) is 11.2 Å². The fraction of sp³-hybridized carbons (Fsp3) is 0.278. The first kappa shape index (κ1) is 13.8. The Hall–Kier alpha value is -2.13. The van der Waals surface area contributed by atoms with Crippen molar-refractivity contribution in [1.29, 1.82) is 0 Å². The predicted molar refractivity (Wildman–Crippen MR) is 85.5 cm³/mol. The highest BCUT2D eigenvalue weighted by Crippen LogP contribution is 2.30. The number of carbonyl (C=O) groups excluding carboxylic acids is 1. The zero-order chi connectivity index (χ0) is 14.8. The molecule has 1 amide bonds. The summed E-state index contributed by atoms with van der Waals surface area (Å²) in [6.45, 7) is 2.14. The van der Waals surface area contributed by atoms with Gasteiger partial charge in [-0.25, -0.2) is 0 Å². The van der Waals surface area contributed by atoms with Crippen LogP contribution in [0.2, 0.25) is 0 Å². The van der Waals surface area contributed by atoms with E-state index >= 15 is 0 Å². The van der Waals surface area contributed by atoms with Crippen LogP contribution in [-0.4, -0.2) is 13.0 Å². The van der Waals surface area contributed by atoms with E-state index in [-0.39, 0.29) is 11.9 Å². The molecular formula is C18H20N2O. The fourth-order valence-corrected chi connectivity index (χ4v) is 3.00. The molecule has 1 atom stereocenters. The molecule has 0 bridgehead atoms. The average Bonchev–Trinajstić information content (AvgIpc) is 2.50. The molecule has 3 heteroatoms. The molecule has 1 heterocycles. The minimum Gasteiger partial charge on any atom is -0.326 e. The first-order valence-electron chi connectivity index (χ1n) is 7.34. The number of fused-ring (bicyclic) bond motifs is 1. The number of rotatable bonds is 3. The van der Waals surface area contributed by atoms with E-state index in [2.05, 4.69) is 54.0 Å². The summed E-state index contributed by atoms with van der Waals surface area (Å²) in [5.74, 6) is 0.110. The Morgan fingerprint density at radius 3 is 2.71 bits per heavy atom. The lowest BCUT2D eigenvalue weighted by Crippen LogP contribution is -2.21. The molecule has 2 aromatic rings. The number of hydrogen-bond acceptors (Lipinski definition) is 2. The molecule has 2 N–H and O–H groups in total. The quantitative estimate of drug-likeness (QED) is 0.906. The molecule has 0 aromatic heterocycles. The number of aryl methyl sites for hydroxylation is 2. The first-order valence-corrected chi connectivity index (χ1v) is 7.34. The monoisotopic (exact) mass is 280 g/mol. The highest BCUT2D eigenvalue weighted by Gasteiger charge is 2.19. The van der Waals surface area contributed by atoms with Gasteiger partial charge in [0.2, 0.25) is 5.91 Å². The van der Waals surface area contributed by atoms with Gasteiger partial charge in [0, 0.05) is 12.1 Å². The smallest absolute Gasteiger partial charge is 0.224 e. The number of hydrogen-bond donors (Lipinski definition) is 2. The Bertz CT molecular complexity index is 679. The van der Waals surface area contributed by atoms with Crippen LogP contribution in [0, 0.1) is 6.92 Å². The van der Waals surface area contributed by atoms with Crippen LogP contribution in [0.1, 0.15) is 34.7 Å². The van der Waals surface area contributed by atoms with Gasteiger partial charge in [-0.3, -0.25) is 4.79 Å². The van der Waals surface area contributed by atoms with Crippen molar-refractivity contribution in [2.24, 2.45) is 0 Å². The zero-order valence-electron chi connectivity index (χ0n) is 12.4. The second kappa shape index (κ2) is 5.70. The molecule has 2 aromatic carbocycles. The van der Waals surface area contributed by atoms with E-state index in [9.17, 15) is 4.79 Å². The maximum Gasteiger partial charge on any atom is 0.224 e. The predicted octanol–water partition coefficient (Wildman–Crippen LogP) is 3.19. The van der Waals surface area contributed by atoms with Crippen molar-refractivity contribution in [3.8, 4) is 0 Å². The van der Waals surface area contributed by atoms with Crippen LogP contribution in [0.15, 0.2) is 42.5 Å². The fourth-order valence-electron chi connectivity index (χ4n) is 3.00. The summed E-state index contributed by atoms with van der Waals surface area (Å²) >= 11 is 0. The number of nitrogens with one attached hydrogen (secondary N) is 2. The largest absolute Gasteiger partial charge is 0.326 e. The van der Waals surface area contributed by atoms with Crippen molar-refractivity contribution >= 4 is 11.6 Å². The van der Waals surface area contributed by atoms with Crippen molar-refractivity contribution in [2.45, 2.75) is 25.8 Å². The van der Waals surface area contributed by atoms with E-state index in [1.54, 1.807) is 0 Å². The summed E-state index contributed by atoms with van der Waals surface area (Å²) in [6.07, 6.45) is 1.39. The number of amides is 1. The molecular weight excluding hydrogens is 260 g/mol. The molecule has 0 aliphatic carbocycles. The van der Waals surface area contributed by atoms with E-state index in [1.807, 2.05) is 13.1 Å². The van der Waals surface area contributed by atoms with Gasteiger partial charge in [-0.1, -0.05) is 36.4 Å². The average molecular weight is 280 g/mol. The van der Waals surface area contributed by atoms with Crippen LogP contribution < -0.4 is 10.6 Å². The van der Waals surface area contributed by atoms with Crippen molar-refractivity contribution in [1.82, 2.24) is 5.32 Å². The molecule has 1 aliphatic rings. The van der Waals surface area contributed by atoms with Gasteiger partial charge in [-0.2, -0.15) is 0 Å². The second-order valence-electron chi connectivity index (χ2n) is 5.54. The van der Waals surface area contributed by atoms with Crippen LogP contribution >= 0.6 is 0 Å². The molecule has 0 saturated heterocycles. The lowest BCUT2D eigenvalue weighted by molar-refractivity contribution is -0.116. The lowest BCUT2D eigenvalue weighted by Gasteiger charge is -2.23. The summed E-state index contributed by atoms with van der Waals surface area (Å²) in [4.78, 5) is 11.4. The topological polar surface area (TPSA) is 41.1 Å². The van der Waals surface area contributed by atoms with Gasteiger partial charge >= 0.3 is 0 Å². The third-order valence-corrected chi connectivity index (χ3v) is 4.15. The van der Waals surface area contributed by atoms with Crippen molar-refractivity contribution in [2.75, 3.05) is 12.4 Å². The highest BCUT2D eigenvalue weighted by atomic mass is 16.1. The highest BCUT2D eigenvalue weighted by molar-refractivity contribution is 5.93.